The van der Waals surface area contributed by atoms with Crippen molar-refractivity contribution in [1.29, 1.82) is 0 Å². The summed E-state index contributed by atoms with van der Waals surface area (Å²) in [6.45, 7) is 2.23. The van der Waals surface area contributed by atoms with Crippen LogP contribution in [-0.4, -0.2) is 21.1 Å². The number of rotatable bonds is 2. The summed E-state index contributed by atoms with van der Waals surface area (Å²) < 4.78 is 16.0. The molecule has 98 valence electrons. The van der Waals surface area contributed by atoms with Gasteiger partial charge in [0.2, 0.25) is 0 Å². The van der Waals surface area contributed by atoms with Crippen molar-refractivity contribution in [1.82, 2.24) is 9.55 Å². The van der Waals surface area contributed by atoms with E-state index in [4.69, 9.17) is 18.0 Å². The summed E-state index contributed by atoms with van der Waals surface area (Å²) in [4.78, 5) is 6.43. The number of hydrogen-bond donors (Lipinski definition) is 1. The fourth-order valence-corrected chi connectivity index (χ4v) is 2.60. The number of imidazole rings is 1. The third kappa shape index (κ3) is 2.08. The topological polar surface area (TPSA) is 47.1 Å². The average Bonchev–Trinajstić information content (AvgIpc) is 2.85. The summed E-state index contributed by atoms with van der Waals surface area (Å²) in [6.07, 6.45) is 3.73. The first-order valence-corrected chi connectivity index (χ1v) is 6.41. The quantitative estimate of drug-likeness (QED) is 0.848. The molecule has 4 nitrogen and oxygen atoms in total. The first-order valence-electron chi connectivity index (χ1n) is 6.00. The number of fused-ring (bicyclic) bond motifs is 1. The molecule has 6 heteroatoms. The Hall–Kier alpha value is -1.95. The van der Waals surface area contributed by atoms with Gasteiger partial charge in [0, 0.05) is 25.5 Å². The average molecular weight is 276 g/mol. The predicted octanol–water partition coefficient (Wildman–Crippen LogP) is 1.68. The van der Waals surface area contributed by atoms with Crippen molar-refractivity contribution in [3.05, 3.63) is 47.8 Å². The van der Waals surface area contributed by atoms with Crippen LogP contribution >= 0.6 is 12.2 Å². The Labute approximate surface area is 115 Å². The molecule has 3 rings (SSSR count). The van der Waals surface area contributed by atoms with Gasteiger partial charge in [-0.25, -0.2) is 9.37 Å². The summed E-state index contributed by atoms with van der Waals surface area (Å²) in [5.41, 5.74) is 6.70. The summed E-state index contributed by atoms with van der Waals surface area (Å²) in [5, 5.41) is 0. The second-order valence-electron chi connectivity index (χ2n) is 4.46. The molecular weight excluding hydrogens is 263 g/mol. The second-order valence-corrected chi connectivity index (χ2v) is 4.90. The Balaban J connectivity index is 2.00. The molecule has 2 heterocycles. The van der Waals surface area contributed by atoms with Gasteiger partial charge in [-0.1, -0.05) is 18.3 Å². The normalized spacial score (nSPS) is 14.3. The van der Waals surface area contributed by atoms with Crippen LogP contribution in [0.15, 0.2) is 30.6 Å². The highest BCUT2D eigenvalue weighted by Crippen LogP contribution is 2.26. The van der Waals surface area contributed by atoms with E-state index in [2.05, 4.69) is 14.5 Å². The van der Waals surface area contributed by atoms with Crippen LogP contribution in [0.1, 0.15) is 11.4 Å². The van der Waals surface area contributed by atoms with Gasteiger partial charge in [-0.2, -0.15) is 0 Å². The number of halogens is 1. The van der Waals surface area contributed by atoms with Gasteiger partial charge < -0.3 is 15.2 Å². The highest BCUT2D eigenvalue weighted by Gasteiger charge is 2.21. The fraction of sp³-hybridized carbons (Fsp3) is 0.231. The van der Waals surface area contributed by atoms with Crippen LogP contribution in [0, 0.1) is 5.82 Å². The lowest BCUT2D eigenvalue weighted by Crippen LogP contribution is -2.35. The van der Waals surface area contributed by atoms with Crippen molar-refractivity contribution in [3.63, 3.8) is 0 Å². The maximum atomic E-state index is 13.9. The van der Waals surface area contributed by atoms with Crippen LogP contribution in [0.4, 0.5) is 10.1 Å². The third-order valence-electron chi connectivity index (χ3n) is 3.32. The van der Waals surface area contributed by atoms with Crippen molar-refractivity contribution < 1.29 is 4.39 Å². The van der Waals surface area contributed by atoms with Gasteiger partial charge in [0.05, 0.1) is 17.8 Å². The van der Waals surface area contributed by atoms with E-state index < -0.39 is 0 Å². The molecule has 0 bridgehead atoms. The van der Waals surface area contributed by atoms with Gasteiger partial charge in [0.1, 0.15) is 16.6 Å². The zero-order valence-electron chi connectivity index (χ0n) is 10.2. The first-order chi connectivity index (χ1) is 9.16. The van der Waals surface area contributed by atoms with Crippen LogP contribution in [0.5, 0.6) is 0 Å². The van der Waals surface area contributed by atoms with Gasteiger partial charge in [-0.3, -0.25) is 0 Å². The number of hydrogen-bond acceptors (Lipinski definition) is 3. The number of thiocarbonyl (C=S) groups is 1. The minimum atomic E-state index is -0.376. The van der Waals surface area contributed by atoms with Crippen LogP contribution < -0.4 is 10.6 Å². The minimum Gasteiger partial charge on any atom is -0.389 e. The summed E-state index contributed by atoms with van der Waals surface area (Å²) in [6, 6.07) is 4.90. The zero-order valence-corrected chi connectivity index (χ0v) is 11.0. The van der Waals surface area contributed by atoms with E-state index in [-0.39, 0.29) is 10.8 Å². The van der Waals surface area contributed by atoms with Crippen LogP contribution in [0.3, 0.4) is 0 Å². The summed E-state index contributed by atoms with van der Waals surface area (Å²) in [5.74, 6) is 0.586. The highest BCUT2D eigenvalue weighted by molar-refractivity contribution is 7.80. The number of benzene rings is 1. The van der Waals surface area contributed by atoms with E-state index in [0.29, 0.717) is 12.1 Å². The molecule has 2 aromatic rings. The van der Waals surface area contributed by atoms with Crippen molar-refractivity contribution in [3.8, 4) is 0 Å². The molecule has 2 N–H and O–H groups in total. The minimum absolute atomic E-state index is 0.0852. The number of anilines is 1. The molecule has 1 aromatic carbocycles. The molecule has 1 aromatic heterocycles. The van der Waals surface area contributed by atoms with E-state index >= 15 is 0 Å². The predicted molar refractivity (Wildman–Crippen MR) is 75.6 cm³/mol. The van der Waals surface area contributed by atoms with Crippen molar-refractivity contribution in [2.45, 2.75) is 13.1 Å². The molecule has 1 aliphatic heterocycles. The maximum Gasteiger partial charge on any atom is 0.135 e. The van der Waals surface area contributed by atoms with Crippen LogP contribution in [0.2, 0.25) is 0 Å². The SMILES string of the molecule is NC(=S)c1c(F)cccc1N1CCn2ccnc2C1. The Bertz CT molecular complexity index is 637. The standard InChI is InChI=1S/C13H13FN4S/c14-9-2-1-3-10(12(9)13(15)19)18-7-6-17-5-4-16-11(17)8-18/h1-5H,6-8H2,(H2,15,19). The van der Waals surface area contributed by atoms with E-state index in [9.17, 15) is 4.39 Å². The van der Waals surface area contributed by atoms with E-state index in [1.807, 2.05) is 12.3 Å². The van der Waals surface area contributed by atoms with E-state index in [0.717, 1.165) is 24.6 Å². The molecule has 0 unspecified atom stereocenters. The van der Waals surface area contributed by atoms with Crippen molar-refractivity contribution in [2.75, 3.05) is 11.4 Å². The molecule has 0 atom stereocenters. The van der Waals surface area contributed by atoms with Crippen molar-refractivity contribution >= 4 is 22.9 Å². The second kappa shape index (κ2) is 4.62. The van der Waals surface area contributed by atoms with E-state index in [1.165, 1.54) is 6.07 Å². The molecule has 0 saturated carbocycles. The molecule has 19 heavy (non-hydrogen) atoms. The third-order valence-corrected chi connectivity index (χ3v) is 3.53. The Morgan fingerprint density at radius 1 is 1.37 bits per heavy atom. The first kappa shape index (κ1) is 12.1. The monoisotopic (exact) mass is 276 g/mol. The lowest BCUT2D eigenvalue weighted by Gasteiger charge is -2.31. The Morgan fingerprint density at radius 2 is 2.21 bits per heavy atom. The molecule has 1 aliphatic rings. The molecule has 0 saturated heterocycles. The van der Waals surface area contributed by atoms with Gasteiger partial charge in [-0.15, -0.1) is 0 Å². The molecule has 0 aliphatic carbocycles. The van der Waals surface area contributed by atoms with Gasteiger partial charge in [-0.05, 0) is 12.1 Å². The summed E-state index contributed by atoms with van der Waals surface area (Å²) in [7, 11) is 0. The van der Waals surface area contributed by atoms with Gasteiger partial charge in [0.25, 0.3) is 0 Å². The molecule has 0 fully saturated rings. The molecule has 0 spiro atoms. The van der Waals surface area contributed by atoms with Crippen molar-refractivity contribution in [2.24, 2.45) is 5.73 Å². The summed E-state index contributed by atoms with van der Waals surface area (Å²) >= 11 is 4.96. The smallest absolute Gasteiger partial charge is 0.135 e. The van der Waals surface area contributed by atoms with Gasteiger partial charge >= 0.3 is 0 Å². The largest absolute Gasteiger partial charge is 0.389 e. The Kier molecular flexibility index (Phi) is 2.94. The molecular formula is C13H13FN4S. The number of nitrogens with zero attached hydrogens (tertiary/aromatic N) is 3. The lowest BCUT2D eigenvalue weighted by molar-refractivity contribution is 0.557. The van der Waals surface area contributed by atoms with Gasteiger partial charge in [0.15, 0.2) is 0 Å². The zero-order chi connectivity index (χ0) is 13.4. The molecule has 0 amide bonds. The highest BCUT2D eigenvalue weighted by atomic mass is 32.1. The lowest BCUT2D eigenvalue weighted by atomic mass is 10.1. The maximum absolute atomic E-state index is 13.9. The Morgan fingerprint density at radius 3 is 3.00 bits per heavy atom. The number of aromatic nitrogens is 2. The van der Waals surface area contributed by atoms with Crippen LogP contribution in [-0.2, 0) is 13.1 Å². The number of nitrogens with two attached hydrogens (primary N) is 1. The fourth-order valence-electron chi connectivity index (χ4n) is 2.40. The van der Waals surface area contributed by atoms with Crippen LogP contribution in [0.25, 0.3) is 0 Å². The van der Waals surface area contributed by atoms with E-state index in [1.54, 1.807) is 12.3 Å². The molecule has 0 radical (unpaired) electrons.